The predicted molar refractivity (Wildman–Crippen MR) is 77.1 cm³/mol. The van der Waals surface area contributed by atoms with Gasteiger partial charge in [0.1, 0.15) is 0 Å². The Hall–Kier alpha value is -2.03. The molecule has 1 N–H and O–H groups in total. The summed E-state index contributed by atoms with van der Waals surface area (Å²) in [5.41, 5.74) is 3.63. The molecule has 0 saturated heterocycles. The van der Waals surface area contributed by atoms with Gasteiger partial charge in [0.2, 0.25) is 0 Å². The summed E-state index contributed by atoms with van der Waals surface area (Å²) in [7, 11) is 4.00. The third kappa shape index (κ3) is 3.00. The Kier molecular flexibility index (Phi) is 3.82. The highest BCUT2D eigenvalue weighted by Gasteiger charge is 2.04. The lowest BCUT2D eigenvalue weighted by molar-refractivity contribution is 1.05. The van der Waals surface area contributed by atoms with Gasteiger partial charge in [-0.2, -0.15) is 0 Å². The van der Waals surface area contributed by atoms with Crippen molar-refractivity contribution >= 4 is 11.5 Å². The largest absolute Gasteiger partial charge is 0.378 e. The number of hydrogen-bond acceptors (Lipinski definition) is 3. The van der Waals surface area contributed by atoms with E-state index in [0.29, 0.717) is 0 Å². The zero-order chi connectivity index (χ0) is 13.0. The highest BCUT2D eigenvalue weighted by atomic mass is 15.2. The summed E-state index contributed by atoms with van der Waals surface area (Å²) in [5.74, 6) is 0.963. The van der Waals surface area contributed by atoms with E-state index in [4.69, 9.17) is 0 Å². The highest BCUT2D eigenvalue weighted by molar-refractivity contribution is 5.64. The second kappa shape index (κ2) is 5.54. The van der Waals surface area contributed by atoms with Gasteiger partial charge in [-0.05, 0) is 24.6 Å². The fourth-order valence-electron chi connectivity index (χ4n) is 1.91. The summed E-state index contributed by atoms with van der Waals surface area (Å²) in [5, 5.41) is 3.43. The molecule has 1 heterocycles. The molecular weight excluding hydrogens is 222 g/mol. The van der Waals surface area contributed by atoms with Crippen molar-refractivity contribution < 1.29 is 0 Å². The van der Waals surface area contributed by atoms with Gasteiger partial charge >= 0.3 is 0 Å². The Bertz CT molecular complexity index is 521. The van der Waals surface area contributed by atoms with Crippen LogP contribution in [-0.4, -0.2) is 19.1 Å². The summed E-state index contributed by atoms with van der Waals surface area (Å²) in [4.78, 5) is 6.38. The molecule has 0 unspecified atom stereocenters. The third-order valence-corrected chi connectivity index (χ3v) is 2.78. The van der Waals surface area contributed by atoms with Gasteiger partial charge in [-0.15, -0.1) is 0 Å². The monoisotopic (exact) mass is 241 g/mol. The second-order valence-corrected chi connectivity index (χ2v) is 4.61. The fraction of sp³-hybridized carbons (Fsp3) is 0.267. The standard InChI is InChI=1S/C15H19N3/c1-12-6-4-7-13(10-12)11-17-14-8-5-9-16-15(14)18(2)3/h4-10,17H,11H2,1-3H3. The Morgan fingerprint density at radius 1 is 1.17 bits per heavy atom. The maximum Gasteiger partial charge on any atom is 0.151 e. The van der Waals surface area contributed by atoms with Crippen molar-refractivity contribution in [2.24, 2.45) is 0 Å². The van der Waals surface area contributed by atoms with Gasteiger partial charge < -0.3 is 10.2 Å². The molecule has 2 rings (SSSR count). The topological polar surface area (TPSA) is 28.2 Å². The Morgan fingerprint density at radius 3 is 2.72 bits per heavy atom. The van der Waals surface area contributed by atoms with Crippen LogP contribution in [0.3, 0.4) is 0 Å². The van der Waals surface area contributed by atoms with Crippen LogP contribution in [0.1, 0.15) is 11.1 Å². The molecule has 0 aliphatic heterocycles. The van der Waals surface area contributed by atoms with E-state index in [1.807, 2.05) is 31.3 Å². The molecule has 0 aliphatic rings. The van der Waals surface area contributed by atoms with Crippen LogP contribution in [0.4, 0.5) is 11.5 Å². The second-order valence-electron chi connectivity index (χ2n) is 4.61. The number of rotatable bonds is 4. The molecule has 0 saturated carbocycles. The van der Waals surface area contributed by atoms with Crippen LogP contribution in [0.2, 0.25) is 0 Å². The van der Waals surface area contributed by atoms with E-state index < -0.39 is 0 Å². The number of aromatic nitrogens is 1. The normalized spacial score (nSPS) is 10.2. The minimum atomic E-state index is 0.814. The molecule has 1 aromatic carbocycles. The number of benzene rings is 1. The van der Waals surface area contributed by atoms with E-state index in [-0.39, 0.29) is 0 Å². The number of pyridine rings is 1. The van der Waals surface area contributed by atoms with E-state index in [1.165, 1.54) is 11.1 Å². The van der Waals surface area contributed by atoms with Crippen molar-refractivity contribution in [2.45, 2.75) is 13.5 Å². The zero-order valence-corrected chi connectivity index (χ0v) is 11.1. The van der Waals surface area contributed by atoms with Crippen molar-refractivity contribution in [2.75, 3.05) is 24.3 Å². The number of anilines is 2. The van der Waals surface area contributed by atoms with Crippen molar-refractivity contribution in [3.63, 3.8) is 0 Å². The molecule has 1 aromatic heterocycles. The lowest BCUT2D eigenvalue weighted by Crippen LogP contribution is -2.13. The van der Waals surface area contributed by atoms with Gasteiger partial charge in [0, 0.05) is 26.8 Å². The summed E-state index contributed by atoms with van der Waals surface area (Å²) >= 11 is 0. The van der Waals surface area contributed by atoms with Crippen LogP contribution in [0, 0.1) is 6.92 Å². The molecule has 0 radical (unpaired) electrons. The van der Waals surface area contributed by atoms with Crippen molar-refractivity contribution in [3.8, 4) is 0 Å². The van der Waals surface area contributed by atoms with E-state index in [0.717, 1.165) is 18.1 Å². The fourth-order valence-corrected chi connectivity index (χ4v) is 1.91. The summed E-state index contributed by atoms with van der Waals surface area (Å²) in [6, 6.07) is 12.5. The first-order chi connectivity index (χ1) is 8.66. The molecule has 3 heteroatoms. The molecule has 0 atom stereocenters. The van der Waals surface area contributed by atoms with Crippen LogP contribution in [0.25, 0.3) is 0 Å². The van der Waals surface area contributed by atoms with Crippen LogP contribution >= 0.6 is 0 Å². The lowest BCUT2D eigenvalue weighted by Gasteiger charge is -2.17. The maximum atomic E-state index is 4.37. The van der Waals surface area contributed by atoms with Crippen molar-refractivity contribution in [1.29, 1.82) is 0 Å². The molecule has 94 valence electrons. The molecule has 0 amide bonds. The van der Waals surface area contributed by atoms with Gasteiger partial charge in [0.15, 0.2) is 5.82 Å². The van der Waals surface area contributed by atoms with E-state index in [2.05, 4.69) is 47.6 Å². The smallest absolute Gasteiger partial charge is 0.151 e. The molecule has 0 fully saturated rings. The predicted octanol–water partition coefficient (Wildman–Crippen LogP) is 3.07. The molecule has 0 aliphatic carbocycles. The minimum absolute atomic E-state index is 0.814. The van der Waals surface area contributed by atoms with Crippen LogP contribution in [0.15, 0.2) is 42.6 Å². The first-order valence-corrected chi connectivity index (χ1v) is 6.08. The molecule has 18 heavy (non-hydrogen) atoms. The Labute approximate surface area is 108 Å². The molecule has 3 nitrogen and oxygen atoms in total. The van der Waals surface area contributed by atoms with E-state index in [9.17, 15) is 0 Å². The molecule has 0 spiro atoms. The number of aryl methyl sites for hydroxylation is 1. The number of nitrogens with one attached hydrogen (secondary N) is 1. The summed E-state index contributed by atoms with van der Waals surface area (Å²) < 4.78 is 0. The lowest BCUT2D eigenvalue weighted by atomic mass is 10.1. The zero-order valence-electron chi connectivity index (χ0n) is 11.1. The first kappa shape index (κ1) is 12.4. The van der Waals surface area contributed by atoms with Crippen LogP contribution < -0.4 is 10.2 Å². The van der Waals surface area contributed by atoms with E-state index in [1.54, 1.807) is 0 Å². The van der Waals surface area contributed by atoms with Gasteiger partial charge in [-0.3, -0.25) is 0 Å². The average molecular weight is 241 g/mol. The minimum Gasteiger partial charge on any atom is -0.378 e. The summed E-state index contributed by atoms with van der Waals surface area (Å²) in [6.07, 6.45) is 1.81. The third-order valence-electron chi connectivity index (χ3n) is 2.78. The quantitative estimate of drug-likeness (QED) is 0.891. The maximum absolute atomic E-state index is 4.37. The van der Waals surface area contributed by atoms with Gasteiger partial charge in [0.05, 0.1) is 5.69 Å². The van der Waals surface area contributed by atoms with E-state index >= 15 is 0 Å². The van der Waals surface area contributed by atoms with Gasteiger partial charge in [-0.25, -0.2) is 4.98 Å². The molecular formula is C15H19N3. The number of hydrogen-bond donors (Lipinski definition) is 1. The summed E-state index contributed by atoms with van der Waals surface area (Å²) in [6.45, 7) is 2.92. The SMILES string of the molecule is Cc1cccc(CNc2cccnc2N(C)C)c1. The van der Waals surface area contributed by atoms with Gasteiger partial charge in [0.25, 0.3) is 0 Å². The highest BCUT2D eigenvalue weighted by Crippen LogP contribution is 2.21. The Morgan fingerprint density at radius 2 is 2.00 bits per heavy atom. The first-order valence-electron chi connectivity index (χ1n) is 6.08. The van der Waals surface area contributed by atoms with Crippen molar-refractivity contribution in [1.82, 2.24) is 4.98 Å². The van der Waals surface area contributed by atoms with Crippen LogP contribution in [0.5, 0.6) is 0 Å². The van der Waals surface area contributed by atoms with Crippen LogP contribution in [-0.2, 0) is 6.54 Å². The molecule has 2 aromatic rings. The molecule has 0 bridgehead atoms. The Balaban J connectivity index is 2.11. The van der Waals surface area contributed by atoms with Gasteiger partial charge in [-0.1, -0.05) is 29.8 Å². The number of nitrogens with zero attached hydrogens (tertiary/aromatic N) is 2. The van der Waals surface area contributed by atoms with Crippen molar-refractivity contribution in [3.05, 3.63) is 53.7 Å². The average Bonchev–Trinajstić information content (AvgIpc) is 2.37.